The highest BCUT2D eigenvalue weighted by molar-refractivity contribution is 9.10. The minimum atomic E-state index is -0.833. The van der Waals surface area contributed by atoms with Gasteiger partial charge in [0.1, 0.15) is 29.2 Å². The summed E-state index contributed by atoms with van der Waals surface area (Å²) in [5.41, 5.74) is 2.91. The number of fused-ring (bicyclic) bond motifs is 2. The van der Waals surface area contributed by atoms with Crippen LogP contribution in [0.25, 0.3) is 0 Å². The second-order valence-electron chi connectivity index (χ2n) is 10.4. The number of β-amino-alcohol motifs (C(OH)–C–C–N with tert-alkyl or cyclic N) is 1. The first-order valence-electron chi connectivity index (χ1n) is 13.5. The summed E-state index contributed by atoms with van der Waals surface area (Å²) in [6.07, 6.45) is 1.60. The maximum absolute atomic E-state index is 14.6. The largest absolute Gasteiger partial charge is 0.497 e. The number of hydrogen-bond donors (Lipinski definition) is 1. The van der Waals surface area contributed by atoms with Crippen LogP contribution in [0.15, 0.2) is 85.7 Å². The zero-order chi connectivity index (χ0) is 28.2. The van der Waals surface area contributed by atoms with E-state index >= 15 is 0 Å². The molecule has 210 valence electrons. The summed E-state index contributed by atoms with van der Waals surface area (Å²) < 4.78 is 14.2. The molecule has 1 saturated heterocycles. The van der Waals surface area contributed by atoms with Crippen LogP contribution in [0.4, 0.5) is 4.79 Å². The Morgan fingerprint density at radius 3 is 2.30 bits per heavy atom. The summed E-state index contributed by atoms with van der Waals surface area (Å²) in [4.78, 5) is 25.9. The van der Waals surface area contributed by atoms with Crippen molar-refractivity contribution >= 4 is 43.7 Å². The lowest BCUT2D eigenvalue weighted by molar-refractivity contribution is 0.0613. The number of hydrogen-bond acceptors (Lipinski definition) is 6. The van der Waals surface area contributed by atoms with Crippen LogP contribution >= 0.6 is 31.9 Å². The van der Waals surface area contributed by atoms with Gasteiger partial charge in [-0.2, -0.15) is 0 Å². The van der Waals surface area contributed by atoms with E-state index in [1.165, 1.54) is 0 Å². The highest BCUT2D eigenvalue weighted by Crippen LogP contribution is 2.57. The Morgan fingerprint density at radius 1 is 1.05 bits per heavy atom. The molecule has 1 fully saturated rings. The Bertz CT molecular complexity index is 1410. The van der Waals surface area contributed by atoms with E-state index in [0.717, 1.165) is 37.2 Å². The topological polar surface area (TPSA) is 77.8 Å². The number of carbonyl (C=O) groups excluding carboxylic acids is 1. The van der Waals surface area contributed by atoms with Crippen LogP contribution in [-0.2, 0) is 9.47 Å². The molecule has 0 saturated carbocycles. The van der Waals surface area contributed by atoms with Gasteiger partial charge in [-0.1, -0.05) is 56.1 Å². The Kier molecular flexibility index (Phi) is 7.31. The molecule has 0 aromatic heterocycles. The number of nitrogens with zero attached hydrogens (tertiary/aromatic N) is 4. The van der Waals surface area contributed by atoms with Crippen LogP contribution in [0, 0.1) is 5.41 Å². The molecule has 2 amide bonds. The third-order valence-corrected chi connectivity index (χ3v) is 9.34. The van der Waals surface area contributed by atoms with Crippen molar-refractivity contribution in [2.75, 3.05) is 40.0 Å². The monoisotopic (exact) mass is 670 g/mol. The maximum Gasteiger partial charge on any atom is 0.330 e. The third-order valence-electron chi connectivity index (χ3n) is 8.28. The molecule has 3 aliphatic heterocycles. The van der Waals surface area contributed by atoms with Crippen molar-refractivity contribution in [3.8, 4) is 0 Å². The van der Waals surface area contributed by atoms with Gasteiger partial charge in [-0.05, 0) is 55.3 Å². The highest BCUT2D eigenvalue weighted by Gasteiger charge is 2.62. The van der Waals surface area contributed by atoms with Gasteiger partial charge in [0.25, 0.3) is 0 Å². The molecule has 2 aromatic rings. The number of benzene rings is 2. The SMILES string of the molecule is CCOC1=CC(OC)C2=C3N(CCN2CCO)C(=O)N2C(=NC(c4ccc(Br)cc4)C2c2ccc(Br)cc2)C13C. The van der Waals surface area contributed by atoms with Gasteiger partial charge in [-0.25, -0.2) is 4.79 Å². The van der Waals surface area contributed by atoms with Gasteiger partial charge < -0.3 is 19.5 Å². The molecule has 1 aliphatic carbocycles. The zero-order valence-corrected chi connectivity index (χ0v) is 25.9. The molecule has 2 aromatic carbocycles. The first-order chi connectivity index (χ1) is 19.3. The van der Waals surface area contributed by atoms with E-state index < -0.39 is 11.5 Å². The zero-order valence-electron chi connectivity index (χ0n) is 22.7. The van der Waals surface area contributed by atoms with Crippen LogP contribution in [0.1, 0.15) is 37.1 Å². The van der Waals surface area contributed by atoms with Gasteiger partial charge in [-0.15, -0.1) is 0 Å². The van der Waals surface area contributed by atoms with E-state index in [1.54, 1.807) is 7.11 Å². The number of aliphatic imine (C=N–C) groups is 1. The normalized spacial score (nSPS) is 27.4. The van der Waals surface area contributed by atoms with Gasteiger partial charge >= 0.3 is 6.03 Å². The van der Waals surface area contributed by atoms with Gasteiger partial charge in [0.2, 0.25) is 0 Å². The lowest BCUT2D eigenvalue weighted by atomic mass is 9.73. The second-order valence-corrected chi connectivity index (χ2v) is 12.3. The Labute approximate surface area is 251 Å². The molecule has 6 rings (SSSR count). The molecule has 4 atom stereocenters. The van der Waals surface area contributed by atoms with Crippen molar-refractivity contribution in [3.05, 3.63) is 91.8 Å². The molecule has 3 heterocycles. The summed E-state index contributed by atoms with van der Waals surface area (Å²) in [5.74, 6) is 1.39. The fourth-order valence-corrected chi connectivity index (χ4v) is 7.05. The van der Waals surface area contributed by atoms with Crippen LogP contribution in [0.2, 0.25) is 0 Å². The molecular formula is C30H32Br2N4O4. The van der Waals surface area contributed by atoms with E-state index in [4.69, 9.17) is 14.5 Å². The Hall–Kier alpha value is -2.66. The van der Waals surface area contributed by atoms with E-state index in [2.05, 4.69) is 67.9 Å². The van der Waals surface area contributed by atoms with Crippen molar-refractivity contribution in [1.82, 2.24) is 14.7 Å². The number of halogens is 2. The first-order valence-corrected chi connectivity index (χ1v) is 15.1. The van der Waals surface area contributed by atoms with Crippen LogP contribution in [-0.4, -0.2) is 77.7 Å². The van der Waals surface area contributed by atoms with E-state index in [9.17, 15) is 9.90 Å². The molecular weight excluding hydrogens is 640 g/mol. The number of aliphatic hydroxyl groups is 1. The molecule has 0 radical (unpaired) electrons. The first kappa shape index (κ1) is 27.5. The number of urea groups is 1. The number of rotatable bonds is 7. The van der Waals surface area contributed by atoms with E-state index in [1.807, 2.05) is 47.1 Å². The lowest BCUT2D eigenvalue weighted by Gasteiger charge is -2.55. The van der Waals surface area contributed by atoms with Crippen molar-refractivity contribution in [2.45, 2.75) is 32.0 Å². The Morgan fingerprint density at radius 2 is 1.70 bits per heavy atom. The maximum atomic E-state index is 14.6. The standard InChI is InChI=1S/C30H32Br2N4O4/c1-4-40-23-17-22(39-3)26-27-30(23,2)28-33-24(18-5-9-20(31)10-6-18)25(19-7-11-21(32)12-8-19)36(28)29(38)35(27)14-13-34(26)15-16-37/h5-12,17,22,24-25,37H,4,13-16H2,1-3H3. The molecule has 4 aliphatic rings. The van der Waals surface area contributed by atoms with Gasteiger partial charge in [0.05, 0.1) is 30.6 Å². The summed E-state index contributed by atoms with van der Waals surface area (Å²) >= 11 is 7.12. The van der Waals surface area contributed by atoms with Crippen molar-refractivity contribution in [3.63, 3.8) is 0 Å². The molecule has 10 heteroatoms. The number of ether oxygens (including phenoxy) is 2. The summed E-state index contributed by atoms with van der Waals surface area (Å²) in [7, 11) is 1.66. The van der Waals surface area contributed by atoms with E-state index in [0.29, 0.717) is 32.1 Å². The second kappa shape index (κ2) is 10.6. The molecule has 8 nitrogen and oxygen atoms in total. The van der Waals surface area contributed by atoms with Crippen LogP contribution < -0.4 is 0 Å². The fraction of sp³-hybridized carbons (Fsp3) is 0.400. The predicted molar refractivity (Wildman–Crippen MR) is 159 cm³/mol. The number of aliphatic hydroxyl groups excluding tert-OH is 1. The summed E-state index contributed by atoms with van der Waals surface area (Å²) in [5, 5.41) is 9.87. The molecule has 4 unspecified atom stereocenters. The average molecular weight is 672 g/mol. The predicted octanol–water partition coefficient (Wildman–Crippen LogP) is 5.62. The van der Waals surface area contributed by atoms with Crippen molar-refractivity contribution in [1.29, 1.82) is 0 Å². The fourth-order valence-electron chi connectivity index (χ4n) is 6.52. The molecule has 0 bridgehead atoms. The van der Waals surface area contributed by atoms with Crippen LogP contribution in [0.5, 0.6) is 0 Å². The van der Waals surface area contributed by atoms with Gasteiger partial charge in [-0.3, -0.25) is 14.8 Å². The quantitative estimate of drug-likeness (QED) is 0.414. The molecule has 40 heavy (non-hydrogen) atoms. The number of methoxy groups -OCH3 is 1. The van der Waals surface area contributed by atoms with Crippen molar-refractivity contribution in [2.24, 2.45) is 10.4 Å². The van der Waals surface area contributed by atoms with Crippen LogP contribution in [0.3, 0.4) is 0 Å². The minimum absolute atomic E-state index is 0.00423. The third kappa shape index (κ3) is 4.14. The number of amides is 2. The van der Waals surface area contributed by atoms with Gasteiger partial charge in [0, 0.05) is 35.7 Å². The summed E-state index contributed by atoms with van der Waals surface area (Å²) in [6.45, 7) is 6.07. The number of amidine groups is 1. The number of carbonyl (C=O) groups is 1. The summed E-state index contributed by atoms with van der Waals surface area (Å²) in [6, 6.07) is 15.6. The van der Waals surface area contributed by atoms with Gasteiger partial charge in [0.15, 0.2) is 0 Å². The molecule has 0 spiro atoms. The minimum Gasteiger partial charge on any atom is -0.497 e. The lowest BCUT2D eigenvalue weighted by Crippen LogP contribution is -2.65. The average Bonchev–Trinajstić information content (AvgIpc) is 3.36. The van der Waals surface area contributed by atoms with Crippen molar-refractivity contribution < 1.29 is 19.4 Å². The highest BCUT2D eigenvalue weighted by atomic mass is 79.9. The smallest absolute Gasteiger partial charge is 0.330 e. The van der Waals surface area contributed by atoms with E-state index in [-0.39, 0.29) is 24.7 Å². The molecule has 1 N–H and O–H groups in total. The Balaban J connectivity index is 1.60.